The molecule has 2 aliphatic rings. The van der Waals surface area contributed by atoms with E-state index in [1.54, 1.807) is 11.3 Å². The van der Waals surface area contributed by atoms with E-state index in [4.69, 9.17) is 4.98 Å². The van der Waals surface area contributed by atoms with Gasteiger partial charge >= 0.3 is 0 Å². The van der Waals surface area contributed by atoms with Crippen LogP contribution in [0.3, 0.4) is 0 Å². The van der Waals surface area contributed by atoms with Crippen LogP contribution in [0.1, 0.15) is 53.6 Å². The van der Waals surface area contributed by atoms with Gasteiger partial charge in [-0.15, -0.1) is 11.3 Å². The topological polar surface area (TPSA) is 37.3 Å². The molecular weight excluding hydrogens is 434 g/mol. The summed E-state index contributed by atoms with van der Waals surface area (Å²) in [5, 5.41) is 6.70. The molecule has 0 atom stereocenters. The van der Waals surface area contributed by atoms with Gasteiger partial charge in [-0.3, -0.25) is 4.99 Å². The van der Waals surface area contributed by atoms with Gasteiger partial charge in [-0.1, -0.05) is 79.8 Å². The molecule has 1 saturated carbocycles. The molecule has 172 valence electrons. The number of hydrogen-bond acceptors (Lipinski definition) is 4. The average molecular weight is 466 g/mol. The molecule has 0 saturated heterocycles. The molecule has 0 unspecified atom stereocenters. The largest absolute Gasteiger partial charge is 0.361 e. The minimum absolute atomic E-state index is 0.279. The van der Waals surface area contributed by atoms with Gasteiger partial charge in [-0.25, -0.2) is 4.98 Å². The fourth-order valence-corrected chi connectivity index (χ4v) is 5.83. The minimum Gasteiger partial charge on any atom is -0.361 e. The third-order valence-electron chi connectivity index (χ3n) is 6.96. The summed E-state index contributed by atoms with van der Waals surface area (Å²) in [7, 11) is 1.84. The SMILES string of the molecule is CN=C(c1csc(NCC2(C)CC(c3ccccc3C=C3C=CC=C3)C2)n1)c1ccccc1C. The summed E-state index contributed by atoms with van der Waals surface area (Å²) in [5.74, 6) is 0.612. The van der Waals surface area contributed by atoms with E-state index in [0.29, 0.717) is 5.92 Å². The lowest BCUT2D eigenvalue weighted by molar-refractivity contribution is 0.142. The average Bonchev–Trinajstić information content (AvgIpc) is 3.51. The van der Waals surface area contributed by atoms with E-state index in [0.717, 1.165) is 28.6 Å². The van der Waals surface area contributed by atoms with Gasteiger partial charge < -0.3 is 5.32 Å². The van der Waals surface area contributed by atoms with Crippen molar-refractivity contribution in [3.8, 4) is 0 Å². The van der Waals surface area contributed by atoms with Crippen LogP contribution < -0.4 is 5.32 Å². The predicted molar refractivity (Wildman–Crippen MR) is 146 cm³/mol. The second-order valence-electron chi connectivity index (χ2n) is 9.69. The number of aryl methyl sites for hydroxylation is 1. The molecule has 3 nitrogen and oxygen atoms in total. The first kappa shape index (κ1) is 22.5. The summed E-state index contributed by atoms with van der Waals surface area (Å²) in [6.07, 6.45) is 13.2. The maximum absolute atomic E-state index is 4.87. The second kappa shape index (κ2) is 9.55. The molecule has 1 aromatic heterocycles. The number of thiazole rings is 1. The summed E-state index contributed by atoms with van der Waals surface area (Å²) in [6.45, 7) is 5.45. The van der Waals surface area contributed by atoms with Gasteiger partial charge in [0.05, 0.1) is 5.71 Å². The van der Waals surface area contributed by atoms with Crippen LogP contribution in [-0.4, -0.2) is 24.3 Å². The fourth-order valence-electron chi connectivity index (χ4n) is 5.14. The number of benzene rings is 2. The first-order chi connectivity index (χ1) is 16.5. The molecule has 0 spiro atoms. The van der Waals surface area contributed by atoms with Crippen molar-refractivity contribution in [2.24, 2.45) is 10.4 Å². The van der Waals surface area contributed by atoms with Crippen molar-refractivity contribution < 1.29 is 0 Å². The van der Waals surface area contributed by atoms with Gasteiger partial charge in [-0.2, -0.15) is 0 Å². The normalized spacial score (nSPS) is 21.6. The summed E-state index contributed by atoms with van der Waals surface area (Å²) >= 11 is 1.66. The molecule has 1 N–H and O–H groups in total. The Bertz CT molecular complexity index is 1290. The molecule has 0 aliphatic heterocycles. The Morgan fingerprint density at radius 3 is 2.62 bits per heavy atom. The van der Waals surface area contributed by atoms with Crippen LogP contribution >= 0.6 is 11.3 Å². The third-order valence-corrected chi connectivity index (χ3v) is 7.76. The van der Waals surface area contributed by atoms with Crippen molar-refractivity contribution in [3.63, 3.8) is 0 Å². The molecular formula is C30H31N3S. The van der Waals surface area contributed by atoms with E-state index in [1.807, 2.05) is 7.05 Å². The zero-order valence-electron chi connectivity index (χ0n) is 20.1. The van der Waals surface area contributed by atoms with Gasteiger partial charge in [0.25, 0.3) is 0 Å². The number of nitrogens with one attached hydrogen (secondary N) is 1. The van der Waals surface area contributed by atoms with Crippen LogP contribution in [0.25, 0.3) is 6.08 Å². The molecule has 4 heteroatoms. The lowest BCUT2D eigenvalue weighted by Gasteiger charge is -2.46. The first-order valence-corrected chi connectivity index (χ1v) is 12.8. The van der Waals surface area contributed by atoms with Crippen LogP contribution in [-0.2, 0) is 0 Å². The van der Waals surface area contributed by atoms with Crippen molar-refractivity contribution in [2.75, 3.05) is 18.9 Å². The summed E-state index contributed by atoms with van der Waals surface area (Å²) < 4.78 is 0. The van der Waals surface area contributed by atoms with Gasteiger partial charge in [0, 0.05) is 24.5 Å². The second-order valence-corrected chi connectivity index (χ2v) is 10.5. The van der Waals surface area contributed by atoms with Gasteiger partial charge in [-0.05, 0) is 59.4 Å². The van der Waals surface area contributed by atoms with Crippen molar-refractivity contribution >= 4 is 28.3 Å². The molecule has 5 rings (SSSR count). The zero-order chi connectivity index (χ0) is 23.5. The maximum Gasteiger partial charge on any atom is 0.183 e. The van der Waals surface area contributed by atoms with Gasteiger partial charge in [0.2, 0.25) is 0 Å². The number of allylic oxidation sites excluding steroid dienone is 5. The Hall–Kier alpha value is -3.24. The summed E-state index contributed by atoms with van der Waals surface area (Å²) in [5.41, 5.74) is 8.63. The highest BCUT2D eigenvalue weighted by atomic mass is 32.1. The van der Waals surface area contributed by atoms with E-state index >= 15 is 0 Å². The van der Waals surface area contributed by atoms with E-state index < -0.39 is 0 Å². The van der Waals surface area contributed by atoms with Gasteiger partial charge in [0.15, 0.2) is 5.13 Å². The number of anilines is 1. The molecule has 2 aromatic carbocycles. The maximum atomic E-state index is 4.87. The molecule has 34 heavy (non-hydrogen) atoms. The predicted octanol–water partition coefficient (Wildman–Crippen LogP) is 7.42. The quantitative estimate of drug-likeness (QED) is 0.369. The number of hydrogen-bond donors (Lipinski definition) is 1. The van der Waals surface area contributed by atoms with Crippen molar-refractivity contribution in [2.45, 2.75) is 32.6 Å². The highest BCUT2D eigenvalue weighted by molar-refractivity contribution is 7.13. The summed E-state index contributed by atoms with van der Waals surface area (Å²) in [4.78, 5) is 9.41. The van der Waals surface area contributed by atoms with E-state index in [9.17, 15) is 0 Å². The molecule has 0 bridgehead atoms. The zero-order valence-corrected chi connectivity index (χ0v) is 20.9. The van der Waals surface area contributed by atoms with Crippen molar-refractivity contribution in [1.82, 2.24) is 4.98 Å². The monoisotopic (exact) mass is 465 g/mol. The van der Waals surface area contributed by atoms with Crippen LogP contribution in [0.15, 0.2) is 88.8 Å². The molecule has 1 fully saturated rings. The first-order valence-electron chi connectivity index (χ1n) is 11.9. The summed E-state index contributed by atoms with van der Waals surface area (Å²) in [6, 6.07) is 17.2. The van der Waals surface area contributed by atoms with E-state index in [1.165, 1.54) is 35.1 Å². The highest BCUT2D eigenvalue weighted by Crippen LogP contribution is 2.51. The van der Waals surface area contributed by atoms with Crippen molar-refractivity contribution in [1.29, 1.82) is 0 Å². The van der Waals surface area contributed by atoms with Crippen LogP contribution in [0.4, 0.5) is 5.13 Å². The Morgan fingerprint density at radius 2 is 1.85 bits per heavy atom. The Balaban J connectivity index is 1.23. The molecule has 0 amide bonds. The number of aliphatic imine (C=N–C) groups is 1. The fraction of sp³-hybridized carbons (Fsp3) is 0.267. The Kier molecular flexibility index (Phi) is 6.34. The molecule has 3 aromatic rings. The number of rotatable bonds is 7. The lowest BCUT2D eigenvalue weighted by atomic mass is 9.60. The van der Waals surface area contributed by atoms with Crippen molar-refractivity contribution in [3.05, 3.63) is 112 Å². The van der Waals surface area contributed by atoms with Crippen LogP contribution in [0, 0.1) is 12.3 Å². The van der Waals surface area contributed by atoms with Crippen LogP contribution in [0.5, 0.6) is 0 Å². The van der Waals surface area contributed by atoms with Gasteiger partial charge in [0.1, 0.15) is 5.69 Å². The third kappa shape index (κ3) is 4.69. The standard InChI is InChI=1S/C30H31N3S/c1-21-10-4-8-14-25(21)28(31-3)27-19-34-29(33-27)32-20-30(2)17-24(18-30)26-15-9-7-13-23(26)16-22-11-5-6-12-22/h4-16,19,24H,17-18,20H2,1-3H3,(H,32,33). The molecule has 2 aliphatic carbocycles. The smallest absolute Gasteiger partial charge is 0.183 e. The minimum atomic E-state index is 0.279. The number of nitrogens with zero attached hydrogens (tertiary/aromatic N) is 2. The Morgan fingerprint density at radius 1 is 1.12 bits per heavy atom. The molecule has 1 heterocycles. The highest BCUT2D eigenvalue weighted by Gasteiger charge is 2.41. The lowest BCUT2D eigenvalue weighted by Crippen LogP contribution is -2.39. The number of aromatic nitrogens is 1. The van der Waals surface area contributed by atoms with E-state index in [2.05, 4.69) is 108 Å². The Labute approximate surface area is 206 Å². The van der Waals surface area contributed by atoms with E-state index in [-0.39, 0.29) is 5.41 Å². The molecule has 0 radical (unpaired) electrons. The van der Waals surface area contributed by atoms with Crippen LogP contribution in [0.2, 0.25) is 0 Å².